The zero-order chi connectivity index (χ0) is 16.4. The van der Waals surface area contributed by atoms with Gasteiger partial charge in [-0.25, -0.2) is 4.57 Å². The molecule has 0 aromatic carbocycles. The van der Waals surface area contributed by atoms with E-state index in [0.717, 1.165) is 0 Å². The van der Waals surface area contributed by atoms with E-state index in [1.54, 1.807) is 0 Å². The summed E-state index contributed by atoms with van der Waals surface area (Å²) in [6.07, 6.45) is 20.5. The molecule has 0 radical (unpaired) electrons. The third kappa shape index (κ3) is 38.3. The Morgan fingerprint density at radius 1 is 0.762 bits per heavy atom. The number of phosphoric acid groups is 1. The van der Waals surface area contributed by atoms with Crippen molar-refractivity contribution in [1.29, 1.82) is 0 Å². The molecule has 0 aliphatic rings. The number of allylic oxidation sites excluding steroid dienone is 1. The number of hydrogen-bond donors (Lipinski definition) is 3. The predicted molar refractivity (Wildman–Crippen MR) is 90.2 cm³/mol. The first-order valence-electron chi connectivity index (χ1n) is 8.31. The monoisotopic (exact) mass is 322 g/mol. The van der Waals surface area contributed by atoms with Crippen LogP contribution in [0.25, 0.3) is 0 Å². The fraction of sp³-hybridized carbons (Fsp3) is 0.875. The van der Waals surface area contributed by atoms with E-state index in [0.29, 0.717) is 0 Å². The lowest BCUT2D eigenvalue weighted by Crippen LogP contribution is -1.82. The molecule has 0 rings (SSSR count). The van der Waals surface area contributed by atoms with E-state index >= 15 is 0 Å². The molecule has 0 aromatic heterocycles. The molecule has 0 aliphatic heterocycles. The summed E-state index contributed by atoms with van der Waals surface area (Å²) in [6.45, 7) is 6.03. The molecule has 0 heterocycles. The maximum atomic E-state index is 8.88. The summed E-state index contributed by atoms with van der Waals surface area (Å²) in [5, 5.41) is 0. The van der Waals surface area contributed by atoms with Gasteiger partial charge in [-0.1, -0.05) is 83.6 Å². The quantitative estimate of drug-likeness (QED) is 0.243. The molecule has 21 heavy (non-hydrogen) atoms. The number of unbranched alkanes of at least 4 members (excludes halogenated alkanes) is 12. The first-order chi connectivity index (χ1) is 9.91. The zero-order valence-electron chi connectivity index (χ0n) is 13.7. The van der Waals surface area contributed by atoms with Gasteiger partial charge in [-0.05, 0) is 12.8 Å². The standard InChI is InChI=1S/C16H32.H3O4P/c1-3-5-7-9-11-13-15-16-14-12-10-8-6-4-2;1-5(2,3)4/h3H,1,4-16H2,2H3;(H3,1,2,3,4). The normalized spacial score (nSPS) is 10.9. The third-order valence-electron chi connectivity index (χ3n) is 3.26. The summed E-state index contributed by atoms with van der Waals surface area (Å²) in [5.41, 5.74) is 0. The van der Waals surface area contributed by atoms with Gasteiger partial charge in [0.2, 0.25) is 0 Å². The van der Waals surface area contributed by atoms with Gasteiger partial charge in [0.1, 0.15) is 0 Å². The number of rotatable bonds is 13. The highest BCUT2D eigenvalue weighted by molar-refractivity contribution is 7.45. The van der Waals surface area contributed by atoms with Crippen LogP contribution in [-0.4, -0.2) is 14.7 Å². The van der Waals surface area contributed by atoms with Crippen LogP contribution in [0.3, 0.4) is 0 Å². The van der Waals surface area contributed by atoms with Crippen LogP contribution in [0, 0.1) is 0 Å². The Labute approximate surface area is 130 Å². The molecule has 0 bridgehead atoms. The highest BCUT2D eigenvalue weighted by Gasteiger charge is 2.00. The molecule has 0 saturated heterocycles. The molecule has 0 amide bonds. The predicted octanol–water partition coefficient (Wildman–Crippen LogP) is 5.34. The topological polar surface area (TPSA) is 77.8 Å². The van der Waals surface area contributed by atoms with Crippen molar-refractivity contribution < 1.29 is 19.2 Å². The largest absolute Gasteiger partial charge is 0.466 e. The molecular weight excluding hydrogens is 287 g/mol. The van der Waals surface area contributed by atoms with Crippen LogP contribution < -0.4 is 0 Å². The Morgan fingerprint density at radius 3 is 1.33 bits per heavy atom. The van der Waals surface area contributed by atoms with Crippen LogP contribution in [-0.2, 0) is 4.57 Å². The van der Waals surface area contributed by atoms with Gasteiger partial charge in [-0.15, -0.1) is 6.58 Å². The average molecular weight is 322 g/mol. The summed E-state index contributed by atoms with van der Waals surface area (Å²) < 4.78 is 8.88. The van der Waals surface area contributed by atoms with E-state index in [9.17, 15) is 0 Å². The lowest BCUT2D eigenvalue weighted by atomic mass is 10.0. The van der Waals surface area contributed by atoms with Crippen molar-refractivity contribution in [3.8, 4) is 0 Å². The van der Waals surface area contributed by atoms with Crippen molar-refractivity contribution in [2.75, 3.05) is 0 Å². The van der Waals surface area contributed by atoms with Crippen molar-refractivity contribution in [2.45, 2.75) is 90.4 Å². The molecule has 4 nitrogen and oxygen atoms in total. The van der Waals surface area contributed by atoms with E-state index in [-0.39, 0.29) is 0 Å². The maximum Gasteiger partial charge on any atom is 0.466 e. The van der Waals surface area contributed by atoms with Gasteiger partial charge in [-0.2, -0.15) is 0 Å². The first-order valence-corrected chi connectivity index (χ1v) is 9.87. The van der Waals surface area contributed by atoms with Crippen LogP contribution in [0.2, 0.25) is 0 Å². The molecule has 128 valence electrons. The average Bonchev–Trinajstić information content (AvgIpc) is 2.38. The third-order valence-corrected chi connectivity index (χ3v) is 3.26. The van der Waals surface area contributed by atoms with E-state index in [1.165, 1.54) is 83.5 Å². The minimum Gasteiger partial charge on any atom is -0.303 e. The van der Waals surface area contributed by atoms with Gasteiger partial charge in [0.15, 0.2) is 0 Å². The molecule has 0 fully saturated rings. The minimum absolute atomic E-state index is 1.21. The lowest BCUT2D eigenvalue weighted by Gasteiger charge is -2.02. The Balaban J connectivity index is 0. The van der Waals surface area contributed by atoms with Gasteiger partial charge in [0.25, 0.3) is 0 Å². The molecule has 3 N–H and O–H groups in total. The van der Waals surface area contributed by atoms with E-state index in [4.69, 9.17) is 19.2 Å². The summed E-state index contributed by atoms with van der Waals surface area (Å²) >= 11 is 0. The molecule has 0 aromatic rings. The highest BCUT2D eigenvalue weighted by atomic mass is 31.2. The molecule has 0 spiro atoms. The van der Waals surface area contributed by atoms with Crippen molar-refractivity contribution in [1.82, 2.24) is 0 Å². The van der Waals surface area contributed by atoms with Gasteiger partial charge in [-0.3, -0.25) is 0 Å². The molecule has 0 saturated carbocycles. The van der Waals surface area contributed by atoms with Crippen molar-refractivity contribution in [3.05, 3.63) is 12.7 Å². The van der Waals surface area contributed by atoms with Gasteiger partial charge in [0.05, 0.1) is 0 Å². The van der Waals surface area contributed by atoms with E-state index in [1.807, 2.05) is 6.08 Å². The zero-order valence-corrected chi connectivity index (χ0v) is 14.6. The summed E-state index contributed by atoms with van der Waals surface area (Å²) in [5.74, 6) is 0. The smallest absolute Gasteiger partial charge is 0.303 e. The van der Waals surface area contributed by atoms with Crippen LogP contribution in [0.4, 0.5) is 0 Å². The van der Waals surface area contributed by atoms with E-state index in [2.05, 4.69) is 13.5 Å². The van der Waals surface area contributed by atoms with Gasteiger partial charge >= 0.3 is 7.82 Å². The highest BCUT2D eigenvalue weighted by Crippen LogP contribution is 2.25. The first kappa shape index (κ1) is 23.1. The summed E-state index contributed by atoms with van der Waals surface area (Å²) in [6, 6.07) is 0. The summed E-state index contributed by atoms with van der Waals surface area (Å²) in [7, 11) is -4.64. The van der Waals surface area contributed by atoms with Crippen LogP contribution >= 0.6 is 7.82 Å². The minimum atomic E-state index is -4.64. The molecule has 5 heteroatoms. The number of hydrogen-bond acceptors (Lipinski definition) is 1. The van der Waals surface area contributed by atoms with Crippen molar-refractivity contribution in [3.63, 3.8) is 0 Å². The van der Waals surface area contributed by atoms with Crippen LogP contribution in [0.1, 0.15) is 90.4 Å². The van der Waals surface area contributed by atoms with Crippen molar-refractivity contribution in [2.24, 2.45) is 0 Å². The molecule has 0 aliphatic carbocycles. The molecule has 0 unspecified atom stereocenters. The van der Waals surface area contributed by atoms with Gasteiger partial charge < -0.3 is 14.7 Å². The van der Waals surface area contributed by atoms with Crippen LogP contribution in [0.5, 0.6) is 0 Å². The lowest BCUT2D eigenvalue weighted by molar-refractivity contribution is 0.275. The van der Waals surface area contributed by atoms with Gasteiger partial charge in [0, 0.05) is 0 Å². The van der Waals surface area contributed by atoms with Crippen LogP contribution in [0.15, 0.2) is 12.7 Å². The molecular formula is C16H35O4P. The van der Waals surface area contributed by atoms with Crippen molar-refractivity contribution >= 4 is 7.82 Å². The maximum absolute atomic E-state index is 8.88. The Bertz CT molecular complexity index is 242. The fourth-order valence-corrected chi connectivity index (χ4v) is 2.13. The Kier molecular flexibility index (Phi) is 19.7. The van der Waals surface area contributed by atoms with E-state index < -0.39 is 7.82 Å². The second-order valence-corrected chi connectivity index (χ2v) is 6.51. The second kappa shape index (κ2) is 17.9. The second-order valence-electron chi connectivity index (χ2n) is 5.48. The molecule has 0 atom stereocenters. The summed E-state index contributed by atoms with van der Waals surface area (Å²) in [4.78, 5) is 21.6. The Hall–Kier alpha value is -0.150. The SMILES string of the molecule is C=CCCCCCCCCCCCCCC.O=P(O)(O)O. The Morgan fingerprint density at radius 2 is 1.05 bits per heavy atom. The fourth-order valence-electron chi connectivity index (χ4n) is 2.13.